The van der Waals surface area contributed by atoms with Gasteiger partial charge in [-0.15, -0.1) is 0 Å². The lowest BCUT2D eigenvalue weighted by Gasteiger charge is -2.32. The van der Waals surface area contributed by atoms with Crippen molar-refractivity contribution in [2.45, 2.75) is 26.7 Å². The van der Waals surface area contributed by atoms with Crippen molar-refractivity contribution in [2.24, 2.45) is 5.92 Å². The van der Waals surface area contributed by atoms with Gasteiger partial charge in [-0.1, -0.05) is 6.92 Å². The molecule has 1 aromatic rings. The molecule has 14 heavy (non-hydrogen) atoms. The van der Waals surface area contributed by atoms with Crippen LogP contribution in [0.2, 0.25) is 0 Å². The van der Waals surface area contributed by atoms with Crippen molar-refractivity contribution in [3.63, 3.8) is 0 Å². The average molecular weight is 190 g/mol. The third-order valence-electron chi connectivity index (χ3n) is 2.92. The second kappa shape index (κ2) is 3.99. The van der Waals surface area contributed by atoms with E-state index in [0.717, 1.165) is 11.6 Å². The fourth-order valence-electron chi connectivity index (χ4n) is 2.07. The van der Waals surface area contributed by atoms with Gasteiger partial charge in [0.25, 0.3) is 0 Å². The molecule has 0 N–H and O–H groups in total. The number of hydrogen-bond donors (Lipinski definition) is 0. The van der Waals surface area contributed by atoms with Crippen molar-refractivity contribution in [1.82, 2.24) is 4.98 Å². The Hall–Kier alpha value is -1.05. The molecule has 2 nitrogen and oxygen atoms in total. The van der Waals surface area contributed by atoms with E-state index < -0.39 is 0 Å². The molecule has 1 unspecified atom stereocenters. The van der Waals surface area contributed by atoms with Crippen LogP contribution in [-0.2, 0) is 0 Å². The van der Waals surface area contributed by atoms with Crippen molar-refractivity contribution in [3.8, 4) is 0 Å². The van der Waals surface area contributed by atoms with Gasteiger partial charge in [-0.3, -0.25) is 4.98 Å². The number of piperidine rings is 1. The van der Waals surface area contributed by atoms with Crippen LogP contribution in [0.5, 0.6) is 0 Å². The van der Waals surface area contributed by atoms with E-state index in [1.807, 2.05) is 13.1 Å². The van der Waals surface area contributed by atoms with Crippen molar-refractivity contribution in [3.05, 3.63) is 24.0 Å². The quantitative estimate of drug-likeness (QED) is 0.676. The van der Waals surface area contributed by atoms with Gasteiger partial charge in [0.15, 0.2) is 0 Å². The zero-order valence-electron chi connectivity index (χ0n) is 9.03. The lowest BCUT2D eigenvalue weighted by atomic mass is 10.00. The first-order chi connectivity index (χ1) is 6.75. The average Bonchev–Trinajstić information content (AvgIpc) is 2.19. The molecule has 1 aliphatic heterocycles. The molecule has 0 amide bonds. The van der Waals surface area contributed by atoms with Crippen LogP contribution in [0.25, 0.3) is 0 Å². The van der Waals surface area contributed by atoms with Gasteiger partial charge in [0.1, 0.15) is 0 Å². The molecular weight excluding hydrogens is 172 g/mol. The van der Waals surface area contributed by atoms with Crippen LogP contribution < -0.4 is 4.90 Å². The molecular formula is C12H18N2. The maximum absolute atomic E-state index is 4.34. The maximum atomic E-state index is 4.34. The molecule has 1 aromatic heterocycles. The number of rotatable bonds is 1. The molecule has 0 spiro atoms. The molecule has 1 aliphatic rings. The number of aryl methyl sites for hydroxylation is 1. The summed E-state index contributed by atoms with van der Waals surface area (Å²) in [4.78, 5) is 6.78. The Labute approximate surface area is 86.0 Å². The third-order valence-corrected chi connectivity index (χ3v) is 2.92. The van der Waals surface area contributed by atoms with Gasteiger partial charge in [0.2, 0.25) is 0 Å². The Bertz CT molecular complexity index is 292. The molecule has 0 aliphatic carbocycles. The Kier molecular flexibility index (Phi) is 2.71. The minimum absolute atomic E-state index is 0.824. The van der Waals surface area contributed by atoms with Crippen LogP contribution in [0.3, 0.4) is 0 Å². The van der Waals surface area contributed by atoms with E-state index in [1.165, 1.54) is 31.6 Å². The first-order valence-corrected chi connectivity index (χ1v) is 5.43. The molecule has 1 saturated heterocycles. The van der Waals surface area contributed by atoms with Crippen LogP contribution >= 0.6 is 0 Å². The zero-order valence-corrected chi connectivity index (χ0v) is 9.03. The molecule has 76 valence electrons. The van der Waals surface area contributed by atoms with E-state index >= 15 is 0 Å². The van der Waals surface area contributed by atoms with Gasteiger partial charge < -0.3 is 4.90 Å². The summed E-state index contributed by atoms with van der Waals surface area (Å²) in [6.45, 7) is 6.73. The van der Waals surface area contributed by atoms with Crippen LogP contribution in [0, 0.1) is 12.8 Å². The van der Waals surface area contributed by atoms with E-state index in [-0.39, 0.29) is 0 Å². The largest absolute Gasteiger partial charge is 0.370 e. The van der Waals surface area contributed by atoms with E-state index in [0.29, 0.717) is 0 Å². The highest BCUT2D eigenvalue weighted by Gasteiger charge is 2.16. The lowest BCUT2D eigenvalue weighted by Crippen LogP contribution is -2.34. The topological polar surface area (TPSA) is 16.1 Å². The summed E-state index contributed by atoms with van der Waals surface area (Å²) in [6, 6.07) is 4.27. The summed E-state index contributed by atoms with van der Waals surface area (Å²) >= 11 is 0. The monoisotopic (exact) mass is 190 g/mol. The molecule has 1 atom stereocenters. The summed E-state index contributed by atoms with van der Waals surface area (Å²) in [6.07, 6.45) is 4.68. The molecule has 1 fully saturated rings. The number of anilines is 1. The second-order valence-corrected chi connectivity index (χ2v) is 4.35. The van der Waals surface area contributed by atoms with E-state index in [9.17, 15) is 0 Å². The second-order valence-electron chi connectivity index (χ2n) is 4.35. The summed E-state index contributed by atoms with van der Waals surface area (Å²) < 4.78 is 0. The Morgan fingerprint density at radius 2 is 2.29 bits per heavy atom. The Morgan fingerprint density at radius 1 is 1.43 bits per heavy atom. The molecule has 2 rings (SSSR count). The predicted octanol–water partition coefficient (Wildman–Crippen LogP) is 2.63. The first-order valence-electron chi connectivity index (χ1n) is 5.43. The van der Waals surface area contributed by atoms with Crippen LogP contribution in [-0.4, -0.2) is 18.1 Å². The van der Waals surface area contributed by atoms with Gasteiger partial charge >= 0.3 is 0 Å². The fraction of sp³-hybridized carbons (Fsp3) is 0.583. The van der Waals surface area contributed by atoms with Crippen LogP contribution in [0.1, 0.15) is 25.5 Å². The standard InChI is InChI=1S/C12H18N2/c1-10-4-3-7-14(9-10)12-6-5-11(2)13-8-12/h5-6,8,10H,3-4,7,9H2,1-2H3. The van der Waals surface area contributed by atoms with Gasteiger partial charge in [-0.25, -0.2) is 0 Å². The maximum Gasteiger partial charge on any atom is 0.0553 e. The lowest BCUT2D eigenvalue weighted by molar-refractivity contribution is 0.446. The Balaban J connectivity index is 2.10. The van der Waals surface area contributed by atoms with Gasteiger partial charge in [0.05, 0.1) is 11.9 Å². The van der Waals surface area contributed by atoms with E-state index in [4.69, 9.17) is 0 Å². The fourth-order valence-corrected chi connectivity index (χ4v) is 2.07. The predicted molar refractivity (Wildman–Crippen MR) is 59.6 cm³/mol. The summed E-state index contributed by atoms with van der Waals surface area (Å²) in [5.41, 5.74) is 2.38. The SMILES string of the molecule is Cc1ccc(N2CCCC(C)C2)cn1. The minimum atomic E-state index is 0.824. The van der Waals surface area contributed by atoms with Crippen LogP contribution in [0.15, 0.2) is 18.3 Å². The van der Waals surface area contributed by atoms with E-state index in [1.54, 1.807) is 0 Å². The number of aromatic nitrogens is 1. The smallest absolute Gasteiger partial charge is 0.0553 e. The molecule has 0 aromatic carbocycles. The molecule has 0 bridgehead atoms. The highest BCUT2D eigenvalue weighted by Crippen LogP contribution is 2.21. The summed E-state index contributed by atoms with van der Waals surface area (Å²) in [5.74, 6) is 0.824. The molecule has 2 heterocycles. The number of hydrogen-bond acceptors (Lipinski definition) is 2. The van der Waals surface area contributed by atoms with Crippen molar-refractivity contribution < 1.29 is 0 Å². The molecule has 0 saturated carbocycles. The minimum Gasteiger partial charge on any atom is -0.370 e. The zero-order chi connectivity index (χ0) is 9.97. The van der Waals surface area contributed by atoms with Crippen LogP contribution in [0.4, 0.5) is 5.69 Å². The Morgan fingerprint density at radius 3 is 2.93 bits per heavy atom. The summed E-state index contributed by atoms with van der Waals surface area (Å²) in [7, 11) is 0. The number of pyridine rings is 1. The van der Waals surface area contributed by atoms with Crippen molar-refractivity contribution in [2.75, 3.05) is 18.0 Å². The van der Waals surface area contributed by atoms with Gasteiger partial charge in [-0.2, -0.15) is 0 Å². The third kappa shape index (κ3) is 2.06. The molecule has 2 heteroatoms. The highest BCUT2D eigenvalue weighted by atomic mass is 15.1. The number of nitrogens with zero attached hydrogens (tertiary/aromatic N) is 2. The van der Waals surface area contributed by atoms with Gasteiger partial charge in [-0.05, 0) is 37.8 Å². The summed E-state index contributed by atoms with van der Waals surface area (Å²) in [5, 5.41) is 0. The normalized spacial score (nSPS) is 22.4. The van der Waals surface area contributed by atoms with Gasteiger partial charge in [0, 0.05) is 18.8 Å². The van der Waals surface area contributed by atoms with E-state index in [2.05, 4.69) is 28.9 Å². The molecule has 0 radical (unpaired) electrons. The highest BCUT2D eigenvalue weighted by molar-refractivity contribution is 5.44. The van der Waals surface area contributed by atoms with Crippen molar-refractivity contribution >= 4 is 5.69 Å². The van der Waals surface area contributed by atoms with Crippen molar-refractivity contribution in [1.29, 1.82) is 0 Å². The first kappa shape index (κ1) is 9.50.